The number of aryl methyl sites for hydroxylation is 1. The molecular weight excluding hydrogens is 352 g/mol. The molecule has 7 nitrogen and oxygen atoms in total. The minimum Gasteiger partial charge on any atom is -0.372 e. The molecule has 1 amide bonds. The second kappa shape index (κ2) is 8.10. The van der Waals surface area contributed by atoms with Gasteiger partial charge in [-0.25, -0.2) is 4.68 Å². The number of amides is 1. The van der Waals surface area contributed by atoms with Crippen LogP contribution in [0.3, 0.4) is 0 Å². The molecule has 0 saturated carbocycles. The van der Waals surface area contributed by atoms with E-state index in [1.54, 1.807) is 10.7 Å². The summed E-state index contributed by atoms with van der Waals surface area (Å²) in [5.41, 5.74) is 2.24. The molecule has 2 fully saturated rings. The molecule has 0 aromatic carbocycles. The van der Waals surface area contributed by atoms with Gasteiger partial charge in [0.15, 0.2) is 0 Å². The quantitative estimate of drug-likeness (QED) is 0.730. The summed E-state index contributed by atoms with van der Waals surface area (Å²) < 4.78 is 6.93. The number of hydrogen-bond donors (Lipinski definition) is 0. The number of fused-ring (bicyclic) bond motifs is 1. The Kier molecular flexibility index (Phi) is 5.61. The van der Waals surface area contributed by atoms with Crippen LogP contribution >= 0.6 is 11.8 Å². The van der Waals surface area contributed by atoms with Crippen molar-refractivity contribution in [1.82, 2.24) is 19.6 Å². The molecule has 142 valence electrons. The summed E-state index contributed by atoms with van der Waals surface area (Å²) in [5.74, 6) is 2.58. The molecule has 1 aromatic rings. The topological polar surface area (TPSA) is 67.7 Å². The first-order valence-electron chi connectivity index (χ1n) is 9.44. The molecule has 8 heteroatoms. The predicted octanol–water partition coefficient (Wildman–Crippen LogP) is 0.213. The van der Waals surface area contributed by atoms with E-state index in [0.717, 1.165) is 68.3 Å². The highest BCUT2D eigenvalue weighted by molar-refractivity contribution is 7.98. The Balaban J connectivity index is 1.25. The Morgan fingerprint density at radius 2 is 2.15 bits per heavy atom. The van der Waals surface area contributed by atoms with Crippen molar-refractivity contribution < 1.29 is 9.53 Å². The van der Waals surface area contributed by atoms with E-state index >= 15 is 0 Å². The van der Waals surface area contributed by atoms with Crippen LogP contribution < -0.4 is 5.56 Å². The van der Waals surface area contributed by atoms with Crippen LogP contribution in [0.25, 0.3) is 0 Å². The molecule has 0 bridgehead atoms. The van der Waals surface area contributed by atoms with Crippen molar-refractivity contribution in [1.29, 1.82) is 0 Å². The molecule has 0 spiro atoms. The zero-order chi connectivity index (χ0) is 17.9. The largest absolute Gasteiger partial charge is 0.372 e. The second-order valence-corrected chi connectivity index (χ2v) is 8.46. The molecule has 4 heterocycles. The van der Waals surface area contributed by atoms with Crippen LogP contribution in [-0.2, 0) is 28.2 Å². The van der Waals surface area contributed by atoms with E-state index in [1.807, 2.05) is 16.7 Å². The average Bonchev–Trinajstić information content (AvgIpc) is 2.81. The van der Waals surface area contributed by atoms with Crippen LogP contribution in [0.15, 0.2) is 10.9 Å². The van der Waals surface area contributed by atoms with Gasteiger partial charge < -0.3 is 14.5 Å². The number of rotatable bonds is 5. The van der Waals surface area contributed by atoms with Crippen LogP contribution in [0.1, 0.15) is 17.7 Å². The second-order valence-electron chi connectivity index (χ2n) is 7.35. The number of likely N-dealkylation sites (tertiary alicyclic amines) is 1. The Morgan fingerprint density at radius 1 is 1.27 bits per heavy atom. The van der Waals surface area contributed by atoms with Gasteiger partial charge in [-0.05, 0) is 17.7 Å². The average molecular weight is 378 g/mol. The molecule has 3 aliphatic rings. The SMILES string of the molecule is O=C1COCCCN1CCN1CC(Cn2nc3c(cc2=O)CSCC3)C1. The normalized spacial score (nSPS) is 22.0. The first-order valence-corrected chi connectivity index (χ1v) is 10.6. The Morgan fingerprint density at radius 3 is 3.04 bits per heavy atom. The standard InChI is InChI=1S/C18H26N4O3S/c23-17-8-15-13-26-7-2-16(15)19-22(17)11-14-9-20(10-14)4-5-21-3-1-6-25-12-18(21)24/h8,14H,1-7,9-13H2. The molecule has 0 aliphatic carbocycles. The zero-order valence-electron chi connectivity index (χ0n) is 15.1. The van der Waals surface area contributed by atoms with Crippen molar-refractivity contribution in [2.45, 2.75) is 25.1 Å². The van der Waals surface area contributed by atoms with E-state index in [-0.39, 0.29) is 18.1 Å². The van der Waals surface area contributed by atoms with Crippen molar-refractivity contribution >= 4 is 17.7 Å². The third-order valence-corrected chi connectivity index (χ3v) is 6.36. The Hall–Kier alpha value is -1.38. The number of carbonyl (C=O) groups is 1. The summed E-state index contributed by atoms with van der Waals surface area (Å²) in [6.07, 6.45) is 1.88. The Labute approximate surface area is 157 Å². The molecule has 4 rings (SSSR count). The van der Waals surface area contributed by atoms with Gasteiger partial charge in [-0.1, -0.05) is 0 Å². The summed E-state index contributed by atoms with van der Waals surface area (Å²) in [5, 5.41) is 4.60. The maximum atomic E-state index is 12.3. The first-order chi connectivity index (χ1) is 12.7. The molecule has 2 saturated heterocycles. The van der Waals surface area contributed by atoms with Gasteiger partial charge in [-0.15, -0.1) is 0 Å². The van der Waals surface area contributed by atoms with E-state index in [1.165, 1.54) is 0 Å². The van der Waals surface area contributed by atoms with E-state index in [0.29, 0.717) is 19.1 Å². The molecular formula is C18H26N4O3S. The maximum absolute atomic E-state index is 12.3. The monoisotopic (exact) mass is 378 g/mol. The van der Waals surface area contributed by atoms with E-state index in [2.05, 4.69) is 10.00 Å². The van der Waals surface area contributed by atoms with Gasteiger partial charge in [-0.3, -0.25) is 9.59 Å². The molecule has 3 aliphatic heterocycles. The summed E-state index contributed by atoms with van der Waals surface area (Å²) >= 11 is 1.87. The minimum atomic E-state index is 0.0277. The van der Waals surface area contributed by atoms with Gasteiger partial charge in [0.05, 0.1) is 12.2 Å². The van der Waals surface area contributed by atoms with Crippen LogP contribution in [0.5, 0.6) is 0 Å². The lowest BCUT2D eigenvalue weighted by atomic mass is 10.0. The van der Waals surface area contributed by atoms with Crippen molar-refractivity contribution in [3.8, 4) is 0 Å². The third-order valence-electron chi connectivity index (χ3n) is 5.35. The number of aromatic nitrogens is 2. The summed E-state index contributed by atoms with van der Waals surface area (Å²) in [6.45, 7) is 5.99. The third kappa shape index (κ3) is 4.13. The van der Waals surface area contributed by atoms with E-state index in [9.17, 15) is 9.59 Å². The number of ether oxygens (including phenoxy) is 1. The zero-order valence-corrected chi connectivity index (χ0v) is 15.9. The number of nitrogens with zero attached hydrogens (tertiary/aromatic N) is 4. The van der Waals surface area contributed by atoms with Crippen molar-refractivity contribution in [3.05, 3.63) is 27.7 Å². The van der Waals surface area contributed by atoms with Gasteiger partial charge in [0.25, 0.3) is 5.56 Å². The molecule has 26 heavy (non-hydrogen) atoms. The lowest BCUT2D eigenvalue weighted by molar-refractivity contribution is -0.134. The van der Waals surface area contributed by atoms with Crippen LogP contribution in [0.4, 0.5) is 0 Å². The molecule has 0 unspecified atom stereocenters. The van der Waals surface area contributed by atoms with Crippen LogP contribution in [-0.4, -0.2) is 77.2 Å². The van der Waals surface area contributed by atoms with Crippen molar-refractivity contribution in [2.24, 2.45) is 5.92 Å². The summed E-state index contributed by atoms with van der Waals surface area (Å²) in [4.78, 5) is 28.5. The fraction of sp³-hybridized carbons (Fsp3) is 0.722. The summed E-state index contributed by atoms with van der Waals surface area (Å²) in [7, 11) is 0. The molecule has 0 radical (unpaired) electrons. The van der Waals surface area contributed by atoms with Crippen LogP contribution in [0.2, 0.25) is 0 Å². The van der Waals surface area contributed by atoms with Crippen molar-refractivity contribution in [3.63, 3.8) is 0 Å². The molecule has 0 N–H and O–H groups in total. The van der Waals surface area contributed by atoms with Crippen molar-refractivity contribution in [2.75, 3.05) is 51.7 Å². The Bertz CT molecular complexity index is 717. The number of carbonyl (C=O) groups excluding carboxylic acids is 1. The molecule has 0 atom stereocenters. The smallest absolute Gasteiger partial charge is 0.267 e. The predicted molar refractivity (Wildman–Crippen MR) is 100 cm³/mol. The summed E-state index contributed by atoms with van der Waals surface area (Å²) in [6, 6.07) is 1.78. The fourth-order valence-electron chi connectivity index (χ4n) is 3.83. The van der Waals surface area contributed by atoms with Gasteiger partial charge in [0, 0.05) is 63.5 Å². The lowest BCUT2D eigenvalue weighted by Crippen LogP contribution is -2.52. The van der Waals surface area contributed by atoms with E-state index in [4.69, 9.17) is 4.74 Å². The van der Waals surface area contributed by atoms with E-state index < -0.39 is 0 Å². The highest BCUT2D eigenvalue weighted by Gasteiger charge is 2.28. The number of hydrogen-bond acceptors (Lipinski definition) is 6. The maximum Gasteiger partial charge on any atom is 0.267 e. The van der Waals surface area contributed by atoms with Gasteiger partial charge in [-0.2, -0.15) is 16.9 Å². The minimum absolute atomic E-state index is 0.0277. The van der Waals surface area contributed by atoms with Gasteiger partial charge in [0.2, 0.25) is 5.91 Å². The highest BCUT2D eigenvalue weighted by Crippen LogP contribution is 2.22. The fourth-order valence-corrected chi connectivity index (χ4v) is 4.79. The lowest BCUT2D eigenvalue weighted by Gasteiger charge is -2.40. The van der Waals surface area contributed by atoms with Crippen LogP contribution in [0, 0.1) is 5.92 Å². The first kappa shape index (κ1) is 18.0. The molecule has 1 aromatic heterocycles. The number of thioether (sulfide) groups is 1. The van der Waals surface area contributed by atoms with Gasteiger partial charge in [0.1, 0.15) is 6.61 Å². The van der Waals surface area contributed by atoms with Gasteiger partial charge >= 0.3 is 0 Å². The highest BCUT2D eigenvalue weighted by atomic mass is 32.2.